The number of aryl methyl sites for hydroxylation is 1. The first-order valence-corrected chi connectivity index (χ1v) is 7.13. The van der Waals surface area contributed by atoms with Crippen molar-refractivity contribution in [1.82, 2.24) is 9.55 Å². The molecule has 0 atom stereocenters. The third kappa shape index (κ3) is 3.00. The number of rotatable bonds is 4. The average molecular weight is 283 g/mol. The van der Waals surface area contributed by atoms with E-state index in [1.165, 1.54) is 10.9 Å². The van der Waals surface area contributed by atoms with E-state index >= 15 is 0 Å². The second kappa shape index (κ2) is 5.67. The number of halogens is 1. The zero-order chi connectivity index (χ0) is 13.1. The Morgan fingerprint density at radius 2 is 2.28 bits per heavy atom. The molecule has 0 N–H and O–H groups in total. The molecule has 0 aromatic carbocycles. The highest BCUT2D eigenvalue weighted by Gasteiger charge is 2.11. The van der Waals surface area contributed by atoms with Gasteiger partial charge in [0.1, 0.15) is 11.0 Å². The predicted molar refractivity (Wildman–Crippen MR) is 75.6 cm³/mol. The van der Waals surface area contributed by atoms with E-state index in [2.05, 4.69) is 11.1 Å². The fourth-order valence-electron chi connectivity index (χ4n) is 1.84. The number of nitrogens with zero attached hydrogens (tertiary/aromatic N) is 2. The summed E-state index contributed by atoms with van der Waals surface area (Å²) < 4.78 is 1.72. The summed E-state index contributed by atoms with van der Waals surface area (Å²) in [5, 5.41) is 2.32. The minimum atomic E-state index is -0.0738. The van der Waals surface area contributed by atoms with Gasteiger partial charge in [0.05, 0.1) is 0 Å². The molecule has 2 heterocycles. The molecular weight excluding hydrogens is 268 g/mol. The highest BCUT2D eigenvalue weighted by molar-refractivity contribution is 7.09. The van der Waals surface area contributed by atoms with E-state index in [0.717, 1.165) is 12.2 Å². The molecule has 0 aliphatic rings. The summed E-state index contributed by atoms with van der Waals surface area (Å²) >= 11 is 7.55. The van der Waals surface area contributed by atoms with Gasteiger partial charge in [-0.3, -0.25) is 9.36 Å². The van der Waals surface area contributed by atoms with Gasteiger partial charge in [-0.05, 0) is 17.9 Å². The molecule has 0 radical (unpaired) electrons. The molecule has 0 unspecified atom stereocenters. The van der Waals surface area contributed by atoms with Gasteiger partial charge in [-0.15, -0.1) is 11.3 Å². The van der Waals surface area contributed by atoms with Crippen LogP contribution < -0.4 is 5.56 Å². The molecule has 0 amide bonds. The number of hydrogen-bond acceptors (Lipinski definition) is 3. The first-order chi connectivity index (χ1) is 8.58. The summed E-state index contributed by atoms with van der Waals surface area (Å²) in [6, 6.07) is 5.47. The van der Waals surface area contributed by atoms with Crippen LogP contribution in [0.25, 0.3) is 0 Å². The molecule has 0 spiro atoms. The van der Waals surface area contributed by atoms with Gasteiger partial charge in [0.25, 0.3) is 5.56 Å². The molecule has 0 saturated carbocycles. The molecular formula is C13H15ClN2OS. The van der Waals surface area contributed by atoms with E-state index in [9.17, 15) is 4.79 Å². The standard InChI is InChI=1S/C13H15ClN2OS/c1-9(2)13-15-11(14)8-12(17)16(13)6-5-10-4-3-7-18-10/h3-4,7-9H,5-6H2,1-2H3. The normalized spacial score (nSPS) is 11.1. The van der Waals surface area contributed by atoms with Crippen molar-refractivity contribution in [2.24, 2.45) is 0 Å². The third-order valence-electron chi connectivity index (χ3n) is 2.68. The van der Waals surface area contributed by atoms with Crippen LogP contribution in [0.3, 0.4) is 0 Å². The average Bonchev–Trinajstić information content (AvgIpc) is 2.79. The van der Waals surface area contributed by atoms with Crippen LogP contribution in [-0.2, 0) is 13.0 Å². The molecule has 2 aromatic rings. The third-order valence-corrected chi connectivity index (χ3v) is 3.81. The van der Waals surface area contributed by atoms with Gasteiger partial charge in [0.2, 0.25) is 0 Å². The van der Waals surface area contributed by atoms with E-state index in [1.807, 2.05) is 25.3 Å². The molecule has 18 heavy (non-hydrogen) atoms. The molecule has 0 saturated heterocycles. The first-order valence-electron chi connectivity index (χ1n) is 5.87. The van der Waals surface area contributed by atoms with Gasteiger partial charge in [0, 0.05) is 23.4 Å². The minimum Gasteiger partial charge on any atom is -0.296 e. The van der Waals surface area contributed by atoms with E-state index in [4.69, 9.17) is 11.6 Å². The maximum atomic E-state index is 12.0. The topological polar surface area (TPSA) is 34.9 Å². The highest BCUT2D eigenvalue weighted by atomic mass is 35.5. The summed E-state index contributed by atoms with van der Waals surface area (Å²) in [5.41, 5.74) is -0.0738. The smallest absolute Gasteiger partial charge is 0.255 e. The van der Waals surface area contributed by atoms with Crippen molar-refractivity contribution >= 4 is 22.9 Å². The van der Waals surface area contributed by atoms with Crippen LogP contribution in [0, 0.1) is 0 Å². The lowest BCUT2D eigenvalue weighted by Crippen LogP contribution is -2.26. The SMILES string of the molecule is CC(C)c1nc(Cl)cc(=O)n1CCc1cccs1. The van der Waals surface area contributed by atoms with Crippen LogP contribution in [0.4, 0.5) is 0 Å². The highest BCUT2D eigenvalue weighted by Crippen LogP contribution is 2.15. The Morgan fingerprint density at radius 1 is 1.50 bits per heavy atom. The Kier molecular flexibility index (Phi) is 4.19. The first kappa shape index (κ1) is 13.3. The lowest BCUT2D eigenvalue weighted by Gasteiger charge is -2.14. The van der Waals surface area contributed by atoms with Gasteiger partial charge < -0.3 is 0 Å². The summed E-state index contributed by atoms with van der Waals surface area (Å²) in [4.78, 5) is 17.5. The van der Waals surface area contributed by atoms with E-state index in [1.54, 1.807) is 15.9 Å². The zero-order valence-electron chi connectivity index (χ0n) is 10.4. The maximum Gasteiger partial charge on any atom is 0.255 e. The second-order valence-corrected chi connectivity index (χ2v) is 5.83. The summed E-state index contributed by atoms with van der Waals surface area (Å²) in [6.45, 7) is 4.68. The molecule has 0 aliphatic carbocycles. The second-order valence-electron chi connectivity index (χ2n) is 4.41. The predicted octanol–water partition coefficient (Wildman–Crippen LogP) is 3.32. The Hall–Kier alpha value is -1.13. The van der Waals surface area contributed by atoms with E-state index in [0.29, 0.717) is 6.54 Å². The van der Waals surface area contributed by atoms with Crippen molar-refractivity contribution in [2.75, 3.05) is 0 Å². The van der Waals surface area contributed by atoms with Crippen molar-refractivity contribution in [2.45, 2.75) is 32.7 Å². The molecule has 0 bridgehead atoms. The Bertz CT molecular complexity index is 575. The monoisotopic (exact) mass is 282 g/mol. The van der Waals surface area contributed by atoms with Gasteiger partial charge in [-0.1, -0.05) is 31.5 Å². The Balaban J connectivity index is 2.28. The molecule has 96 valence electrons. The largest absolute Gasteiger partial charge is 0.296 e. The van der Waals surface area contributed by atoms with Gasteiger partial charge >= 0.3 is 0 Å². The fourth-order valence-corrected chi connectivity index (χ4v) is 2.72. The number of thiophene rings is 1. The van der Waals surface area contributed by atoms with Crippen LogP contribution in [0.2, 0.25) is 5.15 Å². The van der Waals surface area contributed by atoms with Crippen LogP contribution >= 0.6 is 22.9 Å². The summed E-state index contributed by atoms with van der Waals surface area (Å²) in [6.07, 6.45) is 0.848. The van der Waals surface area contributed by atoms with Crippen molar-refractivity contribution < 1.29 is 0 Å². The van der Waals surface area contributed by atoms with Gasteiger partial charge in [-0.2, -0.15) is 0 Å². The summed E-state index contributed by atoms with van der Waals surface area (Å²) in [5.74, 6) is 0.934. The van der Waals surface area contributed by atoms with E-state index < -0.39 is 0 Å². The minimum absolute atomic E-state index is 0.0738. The van der Waals surface area contributed by atoms with Crippen molar-refractivity contribution in [3.05, 3.63) is 49.8 Å². The van der Waals surface area contributed by atoms with Crippen molar-refractivity contribution in [1.29, 1.82) is 0 Å². The Morgan fingerprint density at radius 3 is 2.89 bits per heavy atom. The van der Waals surface area contributed by atoms with Gasteiger partial charge in [0.15, 0.2) is 0 Å². The number of aromatic nitrogens is 2. The van der Waals surface area contributed by atoms with Crippen LogP contribution in [0.5, 0.6) is 0 Å². The van der Waals surface area contributed by atoms with Crippen molar-refractivity contribution in [3.8, 4) is 0 Å². The Labute approximate surface area is 115 Å². The summed E-state index contributed by atoms with van der Waals surface area (Å²) in [7, 11) is 0. The molecule has 3 nitrogen and oxygen atoms in total. The fraction of sp³-hybridized carbons (Fsp3) is 0.385. The van der Waals surface area contributed by atoms with Crippen LogP contribution in [-0.4, -0.2) is 9.55 Å². The van der Waals surface area contributed by atoms with Crippen molar-refractivity contribution in [3.63, 3.8) is 0 Å². The molecule has 0 aliphatic heterocycles. The van der Waals surface area contributed by atoms with E-state index in [-0.39, 0.29) is 16.6 Å². The van der Waals surface area contributed by atoms with Gasteiger partial charge in [-0.25, -0.2) is 4.98 Å². The zero-order valence-corrected chi connectivity index (χ0v) is 12.0. The molecule has 0 fully saturated rings. The lowest BCUT2D eigenvalue weighted by molar-refractivity contribution is 0.583. The lowest BCUT2D eigenvalue weighted by atomic mass is 10.2. The van der Waals surface area contributed by atoms with Crippen LogP contribution in [0.15, 0.2) is 28.4 Å². The molecule has 5 heteroatoms. The quantitative estimate of drug-likeness (QED) is 0.806. The molecule has 2 rings (SSSR count). The maximum absolute atomic E-state index is 12.0. The number of hydrogen-bond donors (Lipinski definition) is 0. The molecule has 2 aromatic heterocycles. The van der Waals surface area contributed by atoms with Crippen LogP contribution in [0.1, 0.15) is 30.5 Å².